The highest BCUT2D eigenvalue weighted by Gasteiger charge is 2.05. The molecular formula is C9H12ClNO2. The van der Waals surface area contributed by atoms with Gasteiger partial charge in [-0.05, 0) is 12.5 Å². The minimum atomic E-state index is -0.994. The Bertz CT molecular complexity index is 264. The molecule has 0 aliphatic rings. The number of carbonyl (C=O) groups is 1. The number of halogens is 1. The van der Waals surface area contributed by atoms with Crippen LogP contribution in [0.4, 0.5) is 4.79 Å². The zero-order valence-electron chi connectivity index (χ0n) is 7.23. The van der Waals surface area contributed by atoms with Crippen molar-refractivity contribution in [3.63, 3.8) is 0 Å². The number of rotatable bonds is 2. The molecule has 0 aliphatic heterocycles. The molecule has 4 heteroatoms. The van der Waals surface area contributed by atoms with Crippen molar-refractivity contribution in [1.82, 2.24) is 5.32 Å². The monoisotopic (exact) mass is 201 g/mol. The van der Waals surface area contributed by atoms with Crippen LogP contribution >= 0.6 is 12.4 Å². The average molecular weight is 202 g/mol. The summed E-state index contributed by atoms with van der Waals surface area (Å²) in [6, 6.07) is 9.30. The van der Waals surface area contributed by atoms with Gasteiger partial charge in [0.2, 0.25) is 0 Å². The molecule has 72 valence electrons. The maximum absolute atomic E-state index is 10.3. The summed E-state index contributed by atoms with van der Waals surface area (Å²) in [5.41, 5.74) is 0.972. The Labute approximate surface area is 83.2 Å². The molecule has 0 spiro atoms. The highest BCUT2D eigenvalue weighted by molar-refractivity contribution is 5.85. The van der Waals surface area contributed by atoms with Crippen molar-refractivity contribution in [2.75, 3.05) is 0 Å². The molecule has 0 heterocycles. The summed E-state index contributed by atoms with van der Waals surface area (Å²) >= 11 is 0. The third-order valence-electron chi connectivity index (χ3n) is 1.64. The van der Waals surface area contributed by atoms with Crippen LogP contribution in [0.1, 0.15) is 18.5 Å². The van der Waals surface area contributed by atoms with E-state index in [4.69, 9.17) is 5.11 Å². The Kier molecular flexibility index (Phi) is 4.92. The van der Waals surface area contributed by atoms with Gasteiger partial charge in [0.1, 0.15) is 0 Å². The third kappa shape index (κ3) is 3.80. The minimum Gasteiger partial charge on any atom is -0.465 e. The Morgan fingerprint density at radius 2 is 1.92 bits per heavy atom. The highest BCUT2D eigenvalue weighted by atomic mass is 35.5. The van der Waals surface area contributed by atoms with Crippen LogP contribution in [-0.4, -0.2) is 11.2 Å². The molecule has 0 bridgehead atoms. The predicted molar refractivity (Wildman–Crippen MR) is 53.3 cm³/mol. The lowest BCUT2D eigenvalue weighted by Crippen LogP contribution is -2.24. The van der Waals surface area contributed by atoms with Crippen LogP contribution in [-0.2, 0) is 0 Å². The van der Waals surface area contributed by atoms with Crippen molar-refractivity contribution in [3.8, 4) is 0 Å². The molecule has 1 aromatic rings. The topological polar surface area (TPSA) is 49.3 Å². The summed E-state index contributed by atoms with van der Waals surface area (Å²) in [5.74, 6) is 0. The van der Waals surface area contributed by atoms with E-state index < -0.39 is 6.09 Å². The molecule has 0 radical (unpaired) electrons. The molecule has 13 heavy (non-hydrogen) atoms. The van der Waals surface area contributed by atoms with E-state index in [0.717, 1.165) is 5.56 Å². The van der Waals surface area contributed by atoms with Gasteiger partial charge in [-0.1, -0.05) is 30.3 Å². The molecule has 1 unspecified atom stereocenters. The normalized spacial score (nSPS) is 11.2. The lowest BCUT2D eigenvalue weighted by atomic mass is 10.1. The van der Waals surface area contributed by atoms with Gasteiger partial charge < -0.3 is 10.4 Å². The predicted octanol–water partition coefficient (Wildman–Crippen LogP) is 2.44. The molecule has 0 aliphatic carbocycles. The van der Waals surface area contributed by atoms with Crippen molar-refractivity contribution in [1.29, 1.82) is 0 Å². The number of amides is 1. The van der Waals surface area contributed by atoms with Crippen molar-refractivity contribution in [2.24, 2.45) is 0 Å². The van der Waals surface area contributed by atoms with Gasteiger partial charge >= 0.3 is 6.09 Å². The molecule has 1 atom stereocenters. The van der Waals surface area contributed by atoms with Crippen LogP contribution in [0.3, 0.4) is 0 Å². The van der Waals surface area contributed by atoms with Gasteiger partial charge in [0.05, 0.1) is 6.04 Å². The first kappa shape index (κ1) is 11.8. The van der Waals surface area contributed by atoms with E-state index in [-0.39, 0.29) is 18.4 Å². The first-order valence-electron chi connectivity index (χ1n) is 3.74. The van der Waals surface area contributed by atoms with E-state index in [1.54, 1.807) is 0 Å². The fourth-order valence-corrected chi connectivity index (χ4v) is 1.01. The smallest absolute Gasteiger partial charge is 0.405 e. The van der Waals surface area contributed by atoms with E-state index in [1.165, 1.54) is 0 Å². The van der Waals surface area contributed by atoms with Gasteiger partial charge in [0, 0.05) is 0 Å². The molecule has 0 saturated carbocycles. The van der Waals surface area contributed by atoms with Crippen LogP contribution in [0.25, 0.3) is 0 Å². The van der Waals surface area contributed by atoms with Crippen LogP contribution in [0.5, 0.6) is 0 Å². The second-order valence-electron chi connectivity index (χ2n) is 2.58. The fraction of sp³-hybridized carbons (Fsp3) is 0.222. The number of carboxylic acid groups (broad SMARTS) is 1. The van der Waals surface area contributed by atoms with E-state index >= 15 is 0 Å². The van der Waals surface area contributed by atoms with Crippen molar-refractivity contribution < 1.29 is 9.90 Å². The lowest BCUT2D eigenvalue weighted by molar-refractivity contribution is 0.191. The van der Waals surface area contributed by atoms with Crippen molar-refractivity contribution in [3.05, 3.63) is 35.9 Å². The fourth-order valence-electron chi connectivity index (χ4n) is 1.01. The van der Waals surface area contributed by atoms with E-state index in [2.05, 4.69) is 5.32 Å². The first-order chi connectivity index (χ1) is 5.70. The standard InChI is InChI=1S/C9H11NO2.ClH/c1-7(10-9(11)12)8-5-3-2-4-6-8;/h2-7,10H,1H3,(H,11,12);1H. The van der Waals surface area contributed by atoms with Gasteiger partial charge in [-0.15, -0.1) is 12.4 Å². The molecule has 0 aromatic heterocycles. The van der Waals surface area contributed by atoms with Crippen molar-refractivity contribution >= 4 is 18.5 Å². The molecule has 1 amide bonds. The van der Waals surface area contributed by atoms with Crippen LogP contribution in [0.2, 0.25) is 0 Å². The zero-order valence-corrected chi connectivity index (χ0v) is 8.04. The number of benzene rings is 1. The lowest BCUT2D eigenvalue weighted by Gasteiger charge is -2.10. The van der Waals surface area contributed by atoms with Gasteiger partial charge in [-0.3, -0.25) is 0 Å². The summed E-state index contributed by atoms with van der Waals surface area (Å²) in [6.45, 7) is 1.81. The number of hydrogen-bond acceptors (Lipinski definition) is 1. The largest absolute Gasteiger partial charge is 0.465 e. The van der Waals surface area contributed by atoms with Crippen LogP contribution in [0.15, 0.2) is 30.3 Å². The van der Waals surface area contributed by atoms with E-state index in [0.29, 0.717) is 0 Å². The number of nitrogens with one attached hydrogen (secondary N) is 1. The second-order valence-corrected chi connectivity index (χ2v) is 2.58. The van der Waals surface area contributed by atoms with Crippen LogP contribution < -0.4 is 5.32 Å². The summed E-state index contributed by atoms with van der Waals surface area (Å²) in [5, 5.41) is 10.8. The minimum absolute atomic E-state index is 0. The highest BCUT2D eigenvalue weighted by Crippen LogP contribution is 2.10. The Morgan fingerprint density at radius 1 is 1.38 bits per heavy atom. The quantitative estimate of drug-likeness (QED) is 0.772. The van der Waals surface area contributed by atoms with Gasteiger partial charge in [0.25, 0.3) is 0 Å². The third-order valence-corrected chi connectivity index (χ3v) is 1.64. The maximum atomic E-state index is 10.3. The summed E-state index contributed by atoms with van der Waals surface area (Å²) in [6.07, 6.45) is -0.994. The van der Waals surface area contributed by atoms with E-state index in [9.17, 15) is 4.79 Å². The molecular weight excluding hydrogens is 190 g/mol. The second kappa shape index (κ2) is 5.43. The van der Waals surface area contributed by atoms with Crippen LogP contribution in [0, 0.1) is 0 Å². The SMILES string of the molecule is CC(NC(=O)O)c1ccccc1.Cl. The van der Waals surface area contributed by atoms with E-state index in [1.807, 2.05) is 37.3 Å². The molecule has 3 nitrogen and oxygen atoms in total. The summed E-state index contributed by atoms with van der Waals surface area (Å²) in [4.78, 5) is 10.3. The summed E-state index contributed by atoms with van der Waals surface area (Å²) < 4.78 is 0. The zero-order chi connectivity index (χ0) is 8.97. The Balaban J connectivity index is 0.00000144. The van der Waals surface area contributed by atoms with Gasteiger partial charge in [-0.2, -0.15) is 0 Å². The number of hydrogen-bond donors (Lipinski definition) is 2. The van der Waals surface area contributed by atoms with Gasteiger partial charge in [0.15, 0.2) is 0 Å². The van der Waals surface area contributed by atoms with Gasteiger partial charge in [-0.25, -0.2) is 4.79 Å². The molecule has 2 N–H and O–H groups in total. The summed E-state index contributed by atoms with van der Waals surface area (Å²) in [7, 11) is 0. The molecule has 0 saturated heterocycles. The maximum Gasteiger partial charge on any atom is 0.405 e. The van der Waals surface area contributed by atoms with Crippen molar-refractivity contribution in [2.45, 2.75) is 13.0 Å². The first-order valence-corrected chi connectivity index (χ1v) is 3.74. The molecule has 1 aromatic carbocycles. The average Bonchev–Trinajstić information content (AvgIpc) is 2.05. The Morgan fingerprint density at radius 3 is 2.38 bits per heavy atom. The Hall–Kier alpha value is -1.22. The molecule has 0 fully saturated rings. The molecule has 1 rings (SSSR count).